The van der Waals surface area contributed by atoms with Crippen LogP contribution < -0.4 is 5.32 Å². The molecule has 0 unspecified atom stereocenters. The fraction of sp³-hybridized carbons (Fsp3) is 0.200. The highest BCUT2D eigenvalue weighted by Crippen LogP contribution is 2.09. The minimum Gasteiger partial charge on any atom is -0.361 e. The largest absolute Gasteiger partial charge is 0.361 e. The van der Waals surface area contributed by atoms with Gasteiger partial charge in [-0.1, -0.05) is 29.4 Å². The number of carbonyl (C=O) groups excluding carboxylic acids is 1. The Bertz CT molecular complexity index is 600. The predicted molar refractivity (Wildman–Crippen MR) is 73.3 cm³/mol. The van der Waals surface area contributed by atoms with Crippen molar-refractivity contribution in [3.63, 3.8) is 0 Å². The first-order valence-electron chi connectivity index (χ1n) is 6.08. The van der Waals surface area contributed by atoms with Gasteiger partial charge in [0.2, 0.25) is 5.91 Å². The molecule has 98 valence electrons. The highest BCUT2D eigenvalue weighted by atomic mass is 16.5. The van der Waals surface area contributed by atoms with E-state index >= 15 is 0 Å². The molecule has 0 saturated carbocycles. The Morgan fingerprint density at radius 1 is 1.37 bits per heavy atom. The zero-order valence-electron chi connectivity index (χ0n) is 11.0. The summed E-state index contributed by atoms with van der Waals surface area (Å²) in [7, 11) is 0. The zero-order chi connectivity index (χ0) is 13.7. The Morgan fingerprint density at radius 2 is 2.16 bits per heavy atom. The molecule has 2 rings (SSSR count). The van der Waals surface area contributed by atoms with Crippen molar-refractivity contribution in [1.29, 1.82) is 0 Å². The number of hydrogen-bond donors (Lipinski definition) is 1. The average molecular weight is 256 g/mol. The first-order valence-corrected chi connectivity index (χ1v) is 6.08. The summed E-state index contributed by atoms with van der Waals surface area (Å²) in [4.78, 5) is 11.7. The van der Waals surface area contributed by atoms with Crippen molar-refractivity contribution >= 4 is 12.0 Å². The molecule has 1 amide bonds. The molecule has 4 heteroatoms. The van der Waals surface area contributed by atoms with E-state index in [1.54, 1.807) is 6.20 Å². The lowest BCUT2D eigenvalue weighted by atomic mass is 10.1. The molecule has 0 atom stereocenters. The topological polar surface area (TPSA) is 55.1 Å². The van der Waals surface area contributed by atoms with Crippen molar-refractivity contribution in [2.45, 2.75) is 20.4 Å². The quantitative estimate of drug-likeness (QED) is 0.855. The molecule has 0 radical (unpaired) electrons. The van der Waals surface area contributed by atoms with Crippen LogP contribution in [-0.4, -0.2) is 11.1 Å². The van der Waals surface area contributed by atoms with Gasteiger partial charge < -0.3 is 9.84 Å². The standard InChI is InChI=1S/C15H16N2O2/c1-11-5-3-4-6-13(11)7-8-15(18)16-9-14-10-17-19-12(14)2/h3-8,10H,9H2,1-2H3,(H,16,18)/b8-7+. The monoisotopic (exact) mass is 256 g/mol. The molecule has 0 saturated heterocycles. The van der Waals surface area contributed by atoms with Crippen LogP contribution in [0.2, 0.25) is 0 Å². The molecule has 2 aromatic rings. The number of carbonyl (C=O) groups is 1. The van der Waals surface area contributed by atoms with Crippen LogP contribution in [0.5, 0.6) is 0 Å². The number of aryl methyl sites for hydroxylation is 2. The van der Waals surface area contributed by atoms with Crippen LogP contribution in [-0.2, 0) is 11.3 Å². The summed E-state index contributed by atoms with van der Waals surface area (Å²) in [6.45, 7) is 4.25. The highest BCUT2D eigenvalue weighted by Gasteiger charge is 2.03. The molecule has 0 fully saturated rings. The summed E-state index contributed by atoms with van der Waals surface area (Å²) >= 11 is 0. The predicted octanol–water partition coefficient (Wildman–Crippen LogP) is 2.62. The first kappa shape index (κ1) is 13.1. The maximum Gasteiger partial charge on any atom is 0.244 e. The fourth-order valence-electron chi connectivity index (χ4n) is 1.67. The van der Waals surface area contributed by atoms with Gasteiger partial charge in [0, 0.05) is 18.2 Å². The molecule has 0 bridgehead atoms. The van der Waals surface area contributed by atoms with E-state index in [9.17, 15) is 4.79 Å². The summed E-state index contributed by atoms with van der Waals surface area (Å²) in [5.41, 5.74) is 3.07. The number of nitrogens with zero attached hydrogens (tertiary/aromatic N) is 1. The number of hydrogen-bond acceptors (Lipinski definition) is 3. The van der Waals surface area contributed by atoms with Crippen molar-refractivity contribution in [2.24, 2.45) is 0 Å². The SMILES string of the molecule is Cc1ccccc1/C=C/C(=O)NCc1cnoc1C. The lowest BCUT2D eigenvalue weighted by Gasteiger charge is -2.01. The fourth-order valence-corrected chi connectivity index (χ4v) is 1.67. The lowest BCUT2D eigenvalue weighted by Crippen LogP contribution is -2.20. The van der Waals surface area contributed by atoms with Gasteiger partial charge in [-0.05, 0) is 31.1 Å². The highest BCUT2D eigenvalue weighted by molar-refractivity contribution is 5.91. The third kappa shape index (κ3) is 3.55. The van der Waals surface area contributed by atoms with Gasteiger partial charge in [-0.2, -0.15) is 0 Å². The van der Waals surface area contributed by atoms with Gasteiger partial charge in [0.15, 0.2) is 0 Å². The Kier molecular flexibility index (Phi) is 4.13. The number of aromatic nitrogens is 1. The van der Waals surface area contributed by atoms with Crippen molar-refractivity contribution in [2.75, 3.05) is 0 Å². The van der Waals surface area contributed by atoms with Crippen molar-refractivity contribution < 1.29 is 9.32 Å². The molecule has 0 aliphatic heterocycles. The number of amides is 1. The summed E-state index contributed by atoms with van der Waals surface area (Å²) in [5.74, 6) is 0.590. The third-order valence-corrected chi connectivity index (χ3v) is 2.91. The van der Waals surface area contributed by atoms with Gasteiger partial charge in [0.25, 0.3) is 0 Å². The molecular weight excluding hydrogens is 240 g/mol. The number of rotatable bonds is 4. The van der Waals surface area contributed by atoms with Gasteiger partial charge >= 0.3 is 0 Å². The van der Waals surface area contributed by atoms with E-state index in [4.69, 9.17) is 4.52 Å². The van der Waals surface area contributed by atoms with E-state index in [1.807, 2.05) is 44.2 Å². The van der Waals surface area contributed by atoms with Gasteiger partial charge in [0.1, 0.15) is 5.76 Å². The maximum atomic E-state index is 11.7. The summed E-state index contributed by atoms with van der Waals surface area (Å²) in [6, 6.07) is 7.91. The average Bonchev–Trinajstić information content (AvgIpc) is 2.81. The van der Waals surface area contributed by atoms with E-state index in [2.05, 4.69) is 10.5 Å². The van der Waals surface area contributed by atoms with Crippen LogP contribution in [0.15, 0.2) is 41.1 Å². The maximum absolute atomic E-state index is 11.7. The molecule has 0 aliphatic rings. The van der Waals surface area contributed by atoms with E-state index < -0.39 is 0 Å². The van der Waals surface area contributed by atoms with Gasteiger partial charge in [-0.15, -0.1) is 0 Å². The first-order chi connectivity index (χ1) is 9.16. The van der Waals surface area contributed by atoms with Crippen molar-refractivity contribution in [1.82, 2.24) is 10.5 Å². The summed E-state index contributed by atoms with van der Waals surface area (Å²) < 4.78 is 4.92. The van der Waals surface area contributed by atoms with E-state index in [-0.39, 0.29) is 5.91 Å². The molecule has 1 N–H and O–H groups in total. The number of benzene rings is 1. The van der Waals surface area contributed by atoms with Crippen LogP contribution in [0.1, 0.15) is 22.5 Å². The Morgan fingerprint density at radius 3 is 2.84 bits per heavy atom. The van der Waals surface area contributed by atoms with Crippen LogP contribution in [0.3, 0.4) is 0 Å². The minimum absolute atomic E-state index is 0.135. The van der Waals surface area contributed by atoms with Crippen molar-refractivity contribution in [3.8, 4) is 0 Å². The summed E-state index contributed by atoms with van der Waals surface area (Å²) in [6.07, 6.45) is 4.96. The Hall–Kier alpha value is -2.36. The molecule has 19 heavy (non-hydrogen) atoms. The normalized spacial score (nSPS) is 10.8. The second-order valence-electron chi connectivity index (χ2n) is 4.31. The molecule has 0 spiro atoms. The van der Waals surface area contributed by atoms with Crippen molar-refractivity contribution in [3.05, 3.63) is 59.0 Å². The second kappa shape index (κ2) is 6.00. The second-order valence-corrected chi connectivity index (χ2v) is 4.31. The van der Waals surface area contributed by atoms with Gasteiger partial charge in [0.05, 0.1) is 6.20 Å². The molecular formula is C15H16N2O2. The van der Waals surface area contributed by atoms with Crippen LogP contribution in [0, 0.1) is 13.8 Å². The Balaban J connectivity index is 1.91. The lowest BCUT2D eigenvalue weighted by molar-refractivity contribution is -0.116. The molecule has 4 nitrogen and oxygen atoms in total. The Labute approximate surface area is 112 Å². The molecule has 0 aliphatic carbocycles. The van der Waals surface area contributed by atoms with E-state index in [1.165, 1.54) is 6.08 Å². The van der Waals surface area contributed by atoms with E-state index in [0.717, 1.165) is 22.5 Å². The van der Waals surface area contributed by atoms with Gasteiger partial charge in [-0.25, -0.2) is 0 Å². The van der Waals surface area contributed by atoms with Gasteiger partial charge in [-0.3, -0.25) is 4.79 Å². The van der Waals surface area contributed by atoms with E-state index in [0.29, 0.717) is 6.54 Å². The third-order valence-electron chi connectivity index (χ3n) is 2.91. The summed E-state index contributed by atoms with van der Waals surface area (Å²) in [5, 5.41) is 6.45. The van der Waals surface area contributed by atoms with Crippen LogP contribution in [0.4, 0.5) is 0 Å². The molecule has 1 aromatic carbocycles. The smallest absolute Gasteiger partial charge is 0.244 e. The number of nitrogens with one attached hydrogen (secondary N) is 1. The van der Waals surface area contributed by atoms with Crippen LogP contribution >= 0.6 is 0 Å². The van der Waals surface area contributed by atoms with Crippen LogP contribution in [0.25, 0.3) is 6.08 Å². The molecule has 1 heterocycles. The zero-order valence-corrected chi connectivity index (χ0v) is 11.0. The minimum atomic E-state index is -0.135. The molecule has 1 aromatic heterocycles.